The van der Waals surface area contributed by atoms with Gasteiger partial charge in [0.15, 0.2) is 0 Å². The summed E-state index contributed by atoms with van der Waals surface area (Å²) in [6, 6.07) is 14.2. The van der Waals surface area contributed by atoms with E-state index in [1.165, 1.54) is 0 Å². The zero-order valence-corrected chi connectivity index (χ0v) is 15.8. The highest BCUT2D eigenvalue weighted by atomic mass is 35.5. The number of guanidine groups is 1. The minimum atomic E-state index is -0.254. The van der Waals surface area contributed by atoms with E-state index in [-0.39, 0.29) is 12.0 Å². The molecule has 0 saturated carbocycles. The summed E-state index contributed by atoms with van der Waals surface area (Å²) in [6.07, 6.45) is 2.06. The Bertz CT molecular complexity index is 805. The highest BCUT2D eigenvalue weighted by Gasteiger charge is 2.17. The molecule has 6 nitrogen and oxygen atoms in total. The Hall–Kier alpha value is -2.57. The summed E-state index contributed by atoms with van der Waals surface area (Å²) >= 11 is 6.10. The average Bonchev–Trinajstić information content (AvgIpc) is 3.20. The number of nitrogens with zero attached hydrogens (tertiary/aromatic N) is 1. The standard InChI is InChI=1S/C20H22ClN3O3/c1-26-18-10-9-15(21)12-17(18)23-20(22-13-16-8-5-11-27-16)24-19(25)14-6-3-2-4-7-14/h2-4,6-7,9-10,12,16H,5,8,11,13H2,1H3,(H2,22,23,24,25)/t16-/m1/s1. The van der Waals surface area contributed by atoms with Crippen molar-refractivity contribution in [3.05, 3.63) is 59.1 Å². The Morgan fingerprint density at radius 2 is 2.11 bits per heavy atom. The molecule has 0 radical (unpaired) electrons. The second kappa shape index (κ2) is 9.39. The third-order valence-electron chi connectivity index (χ3n) is 4.16. The minimum absolute atomic E-state index is 0.0664. The van der Waals surface area contributed by atoms with Crippen LogP contribution in [0.4, 0.5) is 5.69 Å². The molecule has 0 spiro atoms. The van der Waals surface area contributed by atoms with Crippen molar-refractivity contribution < 1.29 is 14.3 Å². The summed E-state index contributed by atoms with van der Waals surface area (Å²) in [5.74, 6) is 0.660. The Morgan fingerprint density at radius 3 is 2.81 bits per heavy atom. The number of methoxy groups -OCH3 is 1. The molecule has 1 aliphatic rings. The number of aliphatic imine (C=N–C) groups is 1. The normalized spacial score (nSPS) is 16.8. The van der Waals surface area contributed by atoms with Crippen LogP contribution in [-0.2, 0) is 4.74 Å². The first-order chi connectivity index (χ1) is 13.2. The van der Waals surface area contributed by atoms with Crippen LogP contribution in [0.2, 0.25) is 5.02 Å². The molecule has 27 heavy (non-hydrogen) atoms. The summed E-state index contributed by atoms with van der Waals surface area (Å²) in [6.45, 7) is 1.21. The zero-order chi connectivity index (χ0) is 19.1. The molecule has 1 aliphatic heterocycles. The van der Waals surface area contributed by atoms with Gasteiger partial charge in [0.25, 0.3) is 5.91 Å². The number of rotatable bonds is 5. The summed E-state index contributed by atoms with van der Waals surface area (Å²) in [5, 5.41) is 6.49. The fourth-order valence-corrected chi connectivity index (χ4v) is 2.94. The molecule has 142 valence electrons. The number of ether oxygens (including phenoxy) is 2. The van der Waals surface area contributed by atoms with Crippen molar-refractivity contribution in [3.8, 4) is 5.75 Å². The van der Waals surface area contributed by atoms with Gasteiger partial charge in [-0.15, -0.1) is 0 Å². The number of carbonyl (C=O) groups excluding carboxylic acids is 1. The lowest BCUT2D eigenvalue weighted by molar-refractivity contribution is 0.0975. The number of benzene rings is 2. The summed E-state index contributed by atoms with van der Waals surface area (Å²) in [4.78, 5) is 17.1. The molecule has 1 amide bonds. The molecule has 0 aromatic heterocycles. The quantitative estimate of drug-likeness (QED) is 0.605. The lowest BCUT2D eigenvalue weighted by Gasteiger charge is -2.15. The van der Waals surface area contributed by atoms with Crippen LogP contribution in [0, 0.1) is 0 Å². The van der Waals surface area contributed by atoms with Crippen LogP contribution in [0.5, 0.6) is 5.75 Å². The van der Waals surface area contributed by atoms with E-state index in [0.29, 0.717) is 34.5 Å². The first-order valence-corrected chi connectivity index (χ1v) is 9.16. The highest BCUT2D eigenvalue weighted by molar-refractivity contribution is 6.31. The van der Waals surface area contributed by atoms with E-state index in [4.69, 9.17) is 21.1 Å². The molecule has 2 aromatic rings. The van der Waals surface area contributed by atoms with Crippen LogP contribution in [0.3, 0.4) is 0 Å². The topological polar surface area (TPSA) is 71.9 Å². The largest absolute Gasteiger partial charge is 0.495 e. The highest BCUT2D eigenvalue weighted by Crippen LogP contribution is 2.27. The van der Waals surface area contributed by atoms with Gasteiger partial charge in [-0.3, -0.25) is 10.1 Å². The second-order valence-electron chi connectivity index (χ2n) is 6.11. The Balaban J connectivity index is 1.79. The SMILES string of the molecule is COc1ccc(Cl)cc1NC(=NC[C@H]1CCCO1)NC(=O)c1ccccc1. The monoisotopic (exact) mass is 387 g/mol. The van der Waals surface area contributed by atoms with Crippen LogP contribution in [-0.4, -0.2) is 38.2 Å². The van der Waals surface area contributed by atoms with Gasteiger partial charge in [0.2, 0.25) is 5.96 Å². The maximum absolute atomic E-state index is 12.5. The molecular weight excluding hydrogens is 366 g/mol. The third-order valence-corrected chi connectivity index (χ3v) is 4.39. The van der Waals surface area contributed by atoms with E-state index in [0.717, 1.165) is 19.4 Å². The predicted octanol–water partition coefficient (Wildman–Crippen LogP) is 3.73. The predicted molar refractivity (Wildman–Crippen MR) is 107 cm³/mol. The first-order valence-electron chi connectivity index (χ1n) is 8.78. The zero-order valence-electron chi connectivity index (χ0n) is 15.1. The lowest BCUT2D eigenvalue weighted by Crippen LogP contribution is -2.36. The van der Waals surface area contributed by atoms with Gasteiger partial charge in [0.05, 0.1) is 25.4 Å². The van der Waals surface area contributed by atoms with Gasteiger partial charge in [-0.25, -0.2) is 4.99 Å². The van der Waals surface area contributed by atoms with Crippen molar-refractivity contribution in [1.82, 2.24) is 5.32 Å². The number of hydrogen-bond donors (Lipinski definition) is 2. The number of carbonyl (C=O) groups is 1. The lowest BCUT2D eigenvalue weighted by atomic mass is 10.2. The number of amides is 1. The number of halogens is 1. The molecular formula is C20H22ClN3O3. The fraction of sp³-hybridized carbons (Fsp3) is 0.300. The molecule has 1 saturated heterocycles. The van der Waals surface area contributed by atoms with Gasteiger partial charge in [-0.1, -0.05) is 29.8 Å². The second-order valence-corrected chi connectivity index (χ2v) is 6.55. The van der Waals surface area contributed by atoms with Crippen molar-refractivity contribution in [2.45, 2.75) is 18.9 Å². The van der Waals surface area contributed by atoms with Crippen molar-refractivity contribution in [3.63, 3.8) is 0 Å². The van der Waals surface area contributed by atoms with Gasteiger partial charge in [0, 0.05) is 17.2 Å². The summed E-state index contributed by atoms with van der Waals surface area (Å²) < 4.78 is 11.0. The molecule has 2 aromatic carbocycles. The Morgan fingerprint density at radius 1 is 1.30 bits per heavy atom. The van der Waals surface area contributed by atoms with Gasteiger partial charge >= 0.3 is 0 Å². The van der Waals surface area contributed by atoms with Crippen molar-refractivity contribution in [2.75, 3.05) is 25.6 Å². The maximum atomic E-state index is 12.5. The molecule has 1 atom stereocenters. The van der Waals surface area contributed by atoms with E-state index in [9.17, 15) is 4.79 Å². The summed E-state index contributed by atoms with van der Waals surface area (Å²) in [7, 11) is 1.57. The average molecular weight is 388 g/mol. The van der Waals surface area contributed by atoms with Crippen LogP contribution >= 0.6 is 11.6 Å². The van der Waals surface area contributed by atoms with Gasteiger partial charge in [-0.05, 0) is 43.2 Å². The molecule has 7 heteroatoms. The Labute approximate surface area is 163 Å². The number of anilines is 1. The number of nitrogens with one attached hydrogen (secondary N) is 2. The van der Waals surface area contributed by atoms with Gasteiger partial charge in [-0.2, -0.15) is 0 Å². The van der Waals surface area contributed by atoms with E-state index >= 15 is 0 Å². The first kappa shape index (κ1) is 19.2. The molecule has 2 N–H and O–H groups in total. The Kier molecular flexibility index (Phi) is 6.68. The van der Waals surface area contributed by atoms with E-state index < -0.39 is 0 Å². The van der Waals surface area contributed by atoms with Gasteiger partial charge < -0.3 is 14.8 Å². The molecule has 0 bridgehead atoms. The van der Waals surface area contributed by atoms with Crippen LogP contribution in [0.25, 0.3) is 0 Å². The third kappa shape index (κ3) is 5.45. The van der Waals surface area contributed by atoms with E-state index in [2.05, 4.69) is 15.6 Å². The van der Waals surface area contributed by atoms with Crippen molar-refractivity contribution in [1.29, 1.82) is 0 Å². The minimum Gasteiger partial charge on any atom is -0.495 e. The van der Waals surface area contributed by atoms with Crippen LogP contribution in [0.1, 0.15) is 23.2 Å². The van der Waals surface area contributed by atoms with Crippen molar-refractivity contribution >= 4 is 29.2 Å². The van der Waals surface area contributed by atoms with Gasteiger partial charge in [0.1, 0.15) is 5.75 Å². The van der Waals surface area contributed by atoms with Crippen LogP contribution < -0.4 is 15.4 Å². The summed E-state index contributed by atoms with van der Waals surface area (Å²) in [5.41, 5.74) is 1.16. The molecule has 0 aliphatic carbocycles. The smallest absolute Gasteiger partial charge is 0.257 e. The molecule has 1 fully saturated rings. The molecule has 0 unspecified atom stereocenters. The number of hydrogen-bond acceptors (Lipinski definition) is 4. The maximum Gasteiger partial charge on any atom is 0.257 e. The molecule has 3 rings (SSSR count). The fourth-order valence-electron chi connectivity index (χ4n) is 2.77. The molecule has 1 heterocycles. The van der Waals surface area contributed by atoms with E-state index in [1.807, 2.05) is 18.2 Å². The van der Waals surface area contributed by atoms with Crippen molar-refractivity contribution in [2.24, 2.45) is 4.99 Å². The van der Waals surface area contributed by atoms with E-state index in [1.54, 1.807) is 37.4 Å². The van der Waals surface area contributed by atoms with Crippen LogP contribution in [0.15, 0.2) is 53.5 Å².